The minimum Gasteiger partial charge on any atom is -0.333 e. The van der Waals surface area contributed by atoms with E-state index in [0.717, 1.165) is 12.8 Å². The molecule has 0 bridgehead atoms. The van der Waals surface area contributed by atoms with Gasteiger partial charge in [-0.15, -0.1) is 17.5 Å². The summed E-state index contributed by atoms with van der Waals surface area (Å²) in [4.78, 5) is 24.5. The topological polar surface area (TPSA) is 120 Å². The molecule has 1 atom stereocenters. The lowest BCUT2D eigenvalue weighted by Gasteiger charge is -2.22. The second-order valence-electron chi connectivity index (χ2n) is 5.36. The predicted octanol–water partition coefficient (Wildman–Crippen LogP) is 1.16. The molecular weight excluding hydrogens is 336 g/mol. The van der Waals surface area contributed by atoms with Crippen molar-refractivity contribution in [1.82, 2.24) is 19.9 Å². The molecule has 0 aliphatic carbocycles. The number of aromatic nitrogens is 3. The zero-order valence-electron chi connectivity index (χ0n) is 12.7. The van der Waals surface area contributed by atoms with Crippen molar-refractivity contribution >= 4 is 24.0 Å². The van der Waals surface area contributed by atoms with Crippen molar-refractivity contribution in [2.45, 2.75) is 18.9 Å². The molecule has 1 aliphatic heterocycles. The van der Waals surface area contributed by atoms with Gasteiger partial charge in [-0.25, -0.2) is 4.68 Å². The van der Waals surface area contributed by atoms with Gasteiger partial charge in [0.2, 0.25) is 0 Å². The van der Waals surface area contributed by atoms with Crippen molar-refractivity contribution in [3.8, 4) is 5.69 Å². The number of hydrogen-bond acceptors (Lipinski definition) is 6. The summed E-state index contributed by atoms with van der Waals surface area (Å²) < 4.78 is 1.35. The Morgan fingerprint density at radius 2 is 2.25 bits per heavy atom. The van der Waals surface area contributed by atoms with Gasteiger partial charge in [-0.3, -0.25) is 14.9 Å². The SMILES string of the molecule is Cl.NCC1CCCN1C(=O)c1cn(-c2cccc([N+](=O)[O-])c2)nn1. The molecule has 1 fully saturated rings. The minimum absolute atomic E-state index is 0. The third-order valence-corrected chi connectivity index (χ3v) is 3.93. The second-order valence-corrected chi connectivity index (χ2v) is 5.36. The van der Waals surface area contributed by atoms with Crippen LogP contribution in [0.15, 0.2) is 30.5 Å². The van der Waals surface area contributed by atoms with Crippen LogP contribution >= 0.6 is 12.4 Å². The number of nitro benzene ring substituents is 1. The van der Waals surface area contributed by atoms with Gasteiger partial charge < -0.3 is 10.6 Å². The Balaban J connectivity index is 0.00000208. The average Bonchev–Trinajstić information content (AvgIpc) is 3.23. The summed E-state index contributed by atoms with van der Waals surface area (Å²) in [5.41, 5.74) is 6.31. The van der Waals surface area contributed by atoms with Gasteiger partial charge in [0.05, 0.1) is 16.8 Å². The van der Waals surface area contributed by atoms with E-state index in [1.807, 2.05) is 0 Å². The van der Waals surface area contributed by atoms with E-state index in [2.05, 4.69) is 10.3 Å². The standard InChI is InChI=1S/C14H16N6O3.ClH/c15-8-12-5-2-6-18(12)14(21)13-9-19(17-16-13)10-3-1-4-11(7-10)20(22)23;/h1,3-4,7,9,12H,2,5-6,8,15H2;1H. The van der Waals surface area contributed by atoms with Gasteiger partial charge in [0, 0.05) is 31.3 Å². The Hall–Kier alpha value is -2.52. The quantitative estimate of drug-likeness (QED) is 0.651. The molecule has 24 heavy (non-hydrogen) atoms. The number of benzene rings is 1. The molecule has 2 N–H and O–H groups in total. The lowest BCUT2D eigenvalue weighted by Crippen LogP contribution is -2.40. The van der Waals surface area contributed by atoms with Crippen LogP contribution < -0.4 is 5.73 Å². The zero-order valence-corrected chi connectivity index (χ0v) is 13.6. The van der Waals surface area contributed by atoms with E-state index in [1.54, 1.807) is 17.0 Å². The van der Waals surface area contributed by atoms with Crippen LogP contribution in [0.1, 0.15) is 23.3 Å². The highest BCUT2D eigenvalue weighted by molar-refractivity contribution is 5.92. The molecule has 0 saturated carbocycles. The monoisotopic (exact) mass is 352 g/mol. The fourth-order valence-electron chi connectivity index (χ4n) is 2.73. The molecule has 2 heterocycles. The third-order valence-electron chi connectivity index (χ3n) is 3.93. The maximum atomic E-state index is 12.5. The van der Waals surface area contributed by atoms with Gasteiger partial charge >= 0.3 is 0 Å². The largest absolute Gasteiger partial charge is 0.333 e. The maximum Gasteiger partial charge on any atom is 0.276 e. The summed E-state index contributed by atoms with van der Waals surface area (Å²) in [5.74, 6) is -0.213. The lowest BCUT2D eigenvalue weighted by molar-refractivity contribution is -0.384. The number of hydrogen-bond donors (Lipinski definition) is 1. The number of non-ortho nitro benzene ring substituents is 1. The van der Waals surface area contributed by atoms with E-state index in [-0.39, 0.29) is 35.7 Å². The van der Waals surface area contributed by atoms with Crippen molar-refractivity contribution in [2.75, 3.05) is 13.1 Å². The highest BCUT2D eigenvalue weighted by Crippen LogP contribution is 2.20. The molecule has 1 saturated heterocycles. The number of nitro groups is 1. The summed E-state index contributed by atoms with van der Waals surface area (Å²) in [7, 11) is 0. The van der Waals surface area contributed by atoms with Crippen LogP contribution in [0.3, 0.4) is 0 Å². The highest BCUT2D eigenvalue weighted by Gasteiger charge is 2.29. The van der Waals surface area contributed by atoms with E-state index >= 15 is 0 Å². The Labute approximate surface area is 144 Å². The lowest BCUT2D eigenvalue weighted by atomic mass is 10.2. The van der Waals surface area contributed by atoms with Crippen molar-refractivity contribution in [3.05, 3.63) is 46.3 Å². The zero-order chi connectivity index (χ0) is 16.4. The molecule has 10 heteroatoms. The fourth-order valence-corrected chi connectivity index (χ4v) is 2.73. The summed E-state index contributed by atoms with van der Waals surface area (Å²) >= 11 is 0. The Morgan fingerprint density at radius 3 is 2.96 bits per heavy atom. The van der Waals surface area contributed by atoms with Crippen LogP contribution in [-0.2, 0) is 0 Å². The first-order valence-electron chi connectivity index (χ1n) is 7.28. The Bertz CT molecular complexity index is 750. The van der Waals surface area contributed by atoms with Crippen LogP contribution in [0.4, 0.5) is 5.69 Å². The maximum absolute atomic E-state index is 12.5. The van der Waals surface area contributed by atoms with Gasteiger partial charge in [0.1, 0.15) is 0 Å². The number of likely N-dealkylation sites (tertiary alicyclic amines) is 1. The number of carbonyl (C=O) groups excluding carboxylic acids is 1. The minimum atomic E-state index is -0.484. The molecule has 3 rings (SSSR count). The van der Waals surface area contributed by atoms with Crippen LogP contribution in [0, 0.1) is 10.1 Å². The first-order valence-corrected chi connectivity index (χ1v) is 7.28. The normalized spacial score (nSPS) is 16.7. The van der Waals surface area contributed by atoms with Gasteiger partial charge in [-0.2, -0.15) is 0 Å². The summed E-state index contributed by atoms with van der Waals surface area (Å²) in [6.07, 6.45) is 3.29. The summed E-state index contributed by atoms with van der Waals surface area (Å²) in [6, 6.07) is 6.02. The molecule has 1 amide bonds. The second kappa shape index (κ2) is 7.37. The molecule has 1 aromatic carbocycles. The highest BCUT2D eigenvalue weighted by atomic mass is 35.5. The number of nitrogens with zero attached hydrogens (tertiary/aromatic N) is 5. The van der Waals surface area contributed by atoms with E-state index < -0.39 is 4.92 Å². The Kier molecular flexibility index (Phi) is 5.47. The van der Waals surface area contributed by atoms with E-state index in [0.29, 0.717) is 18.8 Å². The van der Waals surface area contributed by atoms with E-state index in [1.165, 1.54) is 23.0 Å². The van der Waals surface area contributed by atoms with Crippen LogP contribution in [0.25, 0.3) is 5.69 Å². The number of nitrogens with two attached hydrogens (primary N) is 1. The van der Waals surface area contributed by atoms with Gasteiger partial charge in [-0.1, -0.05) is 11.3 Å². The van der Waals surface area contributed by atoms with Gasteiger partial charge in [0.15, 0.2) is 5.69 Å². The fraction of sp³-hybridized carbons (Fsp3) is 0.357. The molecule has 1 aromatic heterocycles. The average molecular weight is 353 g/mol. The summed E-state index contributed by atoms with van der Waals surface area (Å²) in [5, 5.41) is 18.6. The molecule has 0 spiro atoms. The van der Waals surface area contributed by atoms with Crippen molar-refractivity contribution in [3.63, 3.8) is 0 Å². The van der Waals surface area contributed by atoms with Crippen molar-refractivity contribution < 1.29 is 9.72 Å². The van der Waals surface area contributed by atoms with E-state index in [4.69, 9.17) is 5.73 Å². The molecule has 2 aromatic rings. The van der Waals surface area contributed by atoms with Gasteiger partial charge in [0.25, 0.3) is 11.6 Å². The molecule has 9 nitrogen and oxygen atoms in total. The van der Waals surface area contributed by atoms with E-state index in [9.17, 15) is 14.9 Å². The number of amides is 1. The molecule has 0 radical (unpaired) electrons. The molecule has 1 unspecified atom stereocenters. The molecular formula is C14H17ClN6O3. The third kappa shape index (κ3) is 3.36. The van der Waals surface area contributed by atoms with Crippen LogP contribution in [-0.4, -0.2) is 49.9 Å². The number of halogens is 1. The van der Waals surface area contributed by atoms with Gasteiger partial charge in [-0.05, 0) is 18.9 Å². The number of rotatable bonds is 4. The van der Waals surface area contributed by atoms with Crippen LogP contribution in [0.5, 0.6) is 0 Å². The molecule has 128 valence electrons. The van der Waals surface area contributed by atoms with Crippen molar-refractivity contribution in [2.24, 2.45) is 5.73 Å². The Morgan fingerprint density at radius 1 is 1.46 bits per heavy atom. The first kappa shape index (κ1) is 17.8. The smallest absolute Gasteiger partial charge is 0.276 e. The molecule has 1 aliphatic rings. The predicted molar refractivity (Wildman–Crippen MR) is 88.4 cm³/mol. The summed E-state index contributed by atoms with van der Waals surface area (Å²) in [6.45, 7) is 1.08. The van der Waals surface area contributed by atoms with Crippen LogP contribution in [0.2, 0.25) is 0 Å². The number of carbonyl (C=O) groups is 1. The van der Waals surface area contributed by atoms with Crippen molar-refractivity contribution in [1.29, 1.82) is 0 Å². The first-order chi connectivity index (χ1) is 11.1.